The number of carbonyl (C=O) groups excluding carboxylic acids is 1. The monoisotopic (exact) mass is 528 g/mol. The number of anilines is 2. The molecular formula is C23H20ClF3N2O5S. The molecule has 12 heteroatoms. The van der Waals surface area contributed by atoms with Gasteiger partial charge in [-0.2, -0.15) is 13.2 Å². The van der Waals surface area contributed by atoms with Crippen LogP contribution in [0.2, 0.25) is 5.02 Å². The van der Waals surface area contributed by atoms with E-state index in [1.807, 2.05) is 0 Å². The number of rotatable bonds is 8. The van der Waals surface area contributed by atoms with Crippen molar-refractivity contribution in [3.63, 3.8) is 0 Å². The summed E-state index contributed by atoms with van der Waals surface area (Å²) in [5.41, 5.74) is -0.409. The minimum absolute atomic E-state index is 0.0293. The molecule has 3 aromatic carbocycles. The Hall–Kier alpha value is -3.44. The van der Waals surface area contributed by atoms with E-state index < -0.39 is 34.3 Å². The SMILES string of the molecule is COc1ccc(NS(=O)(=O)c2ccc(OCC(=O)Nc3cc(C(F)(F)F)ccc3Cl)c(C)c2)cc1. The summed E-state index contributed by atoms with van der Waals surface area (Å²) < 4.78 is 76.9. The van der Waals surface area contributed by atoms with E-state index in [9.17, 15) is 26.4 Å². The molecule has 0 saturated heterocycles. The van der Waals surface area contributed by atoms with Crippen molar-refractivity contribution in [1.29, 1.82) is 0 Å². The van der Waals surface area contributed by atoms with Crippen molar-refractivity contribution in [2.45, 2.75) is 18.0 Å². The standard InChI is InChI=1S/C23H20ClF3N2O5S/c1-14-11-18(35(31,32)29-16-4-6-17(33-2)7-5-16)8-10-21(14)34-13-22(30)28-20-12-15(23(25,26)27)3-9-19(20)24/h3-12,29H,13H2,1-2H3,(H,28,30). The van der Waals surface area contributed by atoms with Gasteiger partial charge in [-0.15, -0.1) is 0 Å². The molecule has 0 heterocycles. The molecule has 35 heavy (non-hydrogen) atoms. The maximum absolute atomic E-state index is 12.9. The predicted molar refractivity (Wildman–Crippen MR) is 126 cm³/mol. The number of carbonyl (C=O) groups is 1. The molecule has 7 nitrogen and oxygen atoms in total. The highest BCUT2D eigenvalue weighted by Gasteiger charge is 2.31. The minimum Gasteiger partial charge on any atom is -0.497 e. The average Bonchev–Trinajstić information content (AvgIpc) is 2.79. The lowest BCUT2D eigenvalue weighted by Crippen LogP contribution is -2.21. The number of nitrogens with one attached hydrogen (secondary N) is 2. The molecule has 0 spiro atoms. The molecular weight excluding hydrogens is 509 g/mol. The quantitative estimate of drug-likeness (QED) is 0.403. The molecule has 0 atom stereocenters. The van der Waals surface area contributed by atoms with Gasteiger partial charge in [0.2, 0.25) is 0 Å². The third-order valence-electron chi connectivity index (χ3n) is 4.73. The lowest BCUT2D eigenvalue weighted by molar-refractivity contribution is -0.137. The van der Waals surface area contributed by atoms with Crippen molar-refractivity contribution in [1.82, 2.24) is 0 Å². The van der Waals surface area contributed by atoms with Crippen molar-refractivity contribution in [2.24, 2.45) is 0 Å². The van der Waals surface area contributed by atoms with Crippen LogP contribution in [0, 0.1) is 6.92 Å². The van der Waals surface area contributed by atoms with Gasteiger partial charge in [-0.1, -0.05) is 11.6 Å². The van der Waals surface area contributed by atoms with Crippen molar-refractivity contribution in [2.75, 3.05) is 23.8 Å². The summed E-state index contributed by atoms with van der Waals surface area (Å²) in [6.07, 6.45) is -4.60. The molecule has 0 unspecified atom stereocenters. The fraction of sp³-hybridized carbons (Fsp3) is 0.174. The maximum Gasteiger partial charge on any atom is 0.416 e. The summed E-state index contributed by atoms with van der Waals surface area (Å²) in [4.78, 5) is 12.2. The van der Waals surface area contributed by atoms with Crippen LogP contribution in [0.4, 0.5) is 24.5 Å². The van der Waals surface area contributed by atoms with Crippen molar-refractivity contribution in [3.05, 3.63) is 76.8 Å². The summed E-state index contributed by atoms with van der Waals surface area (Å²) in [6.45, 7) is 1.05. The molecule has 0 aliphatic rings. The number of aryl methyl sites for hydroxylation is 1. The molecule has 0 aliphatic heterocycles. The Morgan fingerprint density at radius 2 is 1.71 bits per heavy atom. The molecule has 186 valence electrons. The minimum atomic E-state index is -4.60. The first-order valence-corrected chi connectivity index (χ1v) is 11.8. The number of benzene rings is 3. The largest absolute Gasteiger partial charge is 0.497 e. The summed E-state index contributed by atoms with van der Waals surface area (Å²) >= 11 is 5.87. The van der Waals surface area contributed by atoms with Crippen molar-refractivity contribution in [3.8, 4) is 11.5 Å². The number of hydrogen-bond donors (Lipinski definition) is 2. The van der Waals surface area contributed by atoms with E-state index >= 15 is 0 Å². The number of halogens is 4. The Morgan fingerprint density at radius 3 is 2.31 bits per heavy atom. The molecule has 3 aromatic rings. The summed E-state index contributed by atoms with van der Waals surface area (Å²) in [7, 11) is -2.40. The van der Waals surface area contributed by atoms with Crippen LogP contribution >= 0.6 is 11.6 Å². The maximum atomic E-state index is 12.9. The first-order valence-electron chi connectivity index (χ1n) is 9.96. The number of hydrogen-bond acceptors (Lipinski definition) is 5. The Bertz CT molecular complexity index is 1330. The Kier molecular flexibility index (Phi) is 7.81. The van der Waals surface area contributed by atoms with Gasteiger partial charge in [0.15, 0.2) is 6.61 Å². The number of ether oxygens (including phenoxy) is 2. The Balaban J connectivity index is 1.65. The first-order chi connectivity index (χ1) is 16.4. The number of methoxy groups -OCH3 is 1. The fourth-order valence-corrected chi connectivity index (χ4v) is 4.26. The van der Waals surface area contributed by atoms with Gasteiger partial charge in [0.1, 0.15) is 11.5 Å². The molecule has 0 aromatic heterocycles. The van der Waals surface area contributed by atoms with Gasteiger partial charge < -0.3 is 14.8 Å². The second-order valence-corrected chi connectivity index (χ2v) is 9.38. The van der Waals surface area contributed by atoms with Crippen LogP contribution in [0.25, 0.3) is 0 Å². The van der Waals surface area contributed by atoms with Gasteiger partial charge in [0, 0.05) is 5.69 Å². The van der Waals surface area contributed by atoms with E-state index in [1.54, 1.807) is 31.2 Å². The highest BCUT2D eigenvalue weighted by molar-refractivity contribution is 7.92. The summed E-state index contributed by atoms with van der Waals surface area (Å²) in [5, 5.41) is 2.20. The summed E-state index contributed by atoms with van der Waals surface area (Å²) in [5.74, 6) is 0.0480. The molecule has 0 bridgehead atoms. The van der Waals surface area contributed by atoms with Crippen LogP contribution in [0.15, 0.2) is 65.6 Å². The van der Waals surface area contributed by atoms with Crippen LogP contribution in [-0.4, -0.2) is 28.0 Å². The molecule has 1 amide bonds. The molecule has 0 saturated carbocycles. The molecule has 3 rings (SSSR count). The van der Waals surface area contributed by atoms with Crippen LogP contribution in [-0.2, 0) is 21.0 Å². The molecule has 0 aliphatic carbocycles. The van der Waals surface area contributed by atoms with E-state index in [4.69, 9.17) is 21.1 Å². The summed E-state index contributed by atoms with van der Waals surface area (Å²) in [6, 6.07) is 12.9. The number of sulfonamides is 1. The number of alkyl halides is 3. The lowest BCUT2D eigenvalue weighted by atomic mass is 10.2. The third-order valence-corrected chi connectivity index (χ3v) is 6.43. The zero-order valence-electron chi connectivity index (χ0n) is 18.4. The predicted octanol–water partition coefficient (Wildman–Crippen LogP) is 5.49. The van der Waals surface area contributed by atoms with E-state index in [1.165, 1.54) is 25.3 Å². The molecule has 0 fully saturated rings. The van der Waals surface area contributed by atoms with E-state index in [-0.39, 0.29) is 21.4 Å². The van der Waals surface area contributed by atoms with Gasteiger partial charge in [-0.25, -0.2) is 8.42 Å². The fourth-order valence-electron chi connectivity index (χ4n) is 2.95. The normalized spacial score (nSPS) is 11.6. The number of amides is 1. The van der Waals surface area contributed by atoms with Gasteiger partial charge in [-0.3, -0.25) is 9.52 Å². The van der Waals surface area contributed by atoms with E-state index in [0.29, 0.717) is 17.0 Å². The molecule has 0 radical (unpaired) electrons. The highest BCUT2D eigenvalue weighted by atomic mass is 35.5. The highest BCUT2D eigenvalue weighted by Crippen LogP contribution is 2.34. The second kappa shape index (κ2) is 10.4. The van der Waals surface area contributed by atoms with Gasteiger partial charge in [0.05, 0.1) is 28.3 Å². The van der Waals surface area contributed by atoms with E-state index in [0.717, 1.165) is 18.2 Å². The van der Waals surface area contributed by atoms with Crippen LogP contribution in [0.5, 0.6) is 11.5 Å². The Labute approximate surface area is 204 Å². The zero-order valence-corrected chi connectivity index (χ0v) is 20.0. The third kappa shape index (κ3) is 6.80. The molecule has 2 N–H and O–H groups in total. The smallest absolute Gasteiger partial charge is 0.416 e. The first kappa shape index (κ1) is 26.2. The van der Waals surface area contributed by atoms with Gasteiger partial charge in [-0.05, 0) is 73.2 Å². The van der Waals surface area contributed by atoms with E-state index in [2.05, 4.69) is 10.0 Å². The van der Waals surface area contributed by atoms with Crippen LogP contribution < -0.4 is 19.5 Å². The Morgan fingerprint density at radius 1 is 1.03 bits per heavy atom. The second-order valence-electron chi connectivity index (χ2n) is 7.29. The topological polar surface area (TPSA) is 93.7 Å². The van der Waals surface area contributed by atoms with Gasteiger partial charge >= 0.3 is 6.18 Å². The zero-order chi connectivity index (χ0) is 25.8. The lowest BCUT2D eigenvalue weighted by Gasteiger charge is -2.14. The van der Waals surface area contributed by atoms with Crippen LogP contribution in [0.3, 0.4) is 0 Å². The van der Waals surface area contributed by atoms with Crippen molar-refractivity contribution < 1.29 is 35.9 Å². The average molecular weight is 529 g/mol. The van der Waals surface area contributed by atoms with Crippen molar-refractivity contribution >= 4 is 38.9 Å². The van der Waals surface area contributed by atoms with Crippen LogP contribution in [0.1, 0.15) is 11.1 Å². The van der Waals surface area contributed by atoms with Gasteiger partial charge in [0.25, 0.3) is 15.9 Å².